The molecule has 2 rings (SSSR count). The Kier molecular flexibility index (Phi) is 6.97. The fourth-order valence-corrected chi connectivity index (χ4v) is 2.03. The molecule has 100 valence electrons. The molecule has 1 aromatic heterocycles. The number of amides is 2. The van der Waals surface area contributed by atoms with Gasteiger partial charge in [-0.2, -0.15) is 0 Å². The Morgan fingerprint density at radius 1 is 1.20 bits per heavy atom. The maximum atomic E-state index is 11.9. The first-order valence-electron chi connectivity index (χ1n) is 6.12. The molecule has 20 heavy (non-hydrogen) atoms. The average Bonchev–Trinajstić information content (AvgIpc) is 2.63. The molecule has 1 aliphatic heterocycles. The molecule has 0 saturated carbocycles. The number of pyridine rings is 1. The third-order valence-corrected chi connectivity index (χ3v) is 2.99. The number of rotatable bonds is 6. The molecular formula is C13H13KN2O4. The van der Waals surface area contributed by atoms with Gasteiger partial charge < -0.3 is 9.90 Å². The van der Waals surface area contributed by atoms with Crippen LogP contribution in [0.3, 0.4) is 0 Å². The van der Waals surface area contributed by atoms with Gasteiger partial charge in [0.1, 0.15) is 5.69 Å². The van der Waals surface area contributed by atoms with E-state index in [0.29, 0.717) is 31.4 Å². The summed E-state index contributed by atoms with van der Waals surface area (Å²) in [5.41, 5.74) is 0.532. The van der Waals surface area contributed by atoms with Gasteiger partial charge in [0.05, 0.1) is 5.56 Å². The molecule has 0 saturated heterocycles. The summed E-state index contributed by atoms with van der Waals surface area (Å²) in [4.78, 5) is 39.2. The second-order valence-electron chi connectivity index (χ2n) is 4.34. The van der Waals surface area contributed by atoms with Gasteiger partial charge in [0.15, 0.2) is 0 Å². The van der Waals surface area contributed by atoms with Crippen LogP contribution >= 0.6 is 0 Å². The van der Waals surface area contributed by atoms with E-state index in [1.807, 2.05) is 0 Å². The first-order valence-corrected chi connectivity index (χ1v) is 6.12. The molecule has 1 aromatic rings. The van der Waals surface area contributed by atoms with Crippen molar-refractivity contribution in [1.29, 1.82) is 0 Å². The van der Waals surface area contributed by atoms with Crippen molar-refractivity contribution in [2.45, 2.75) is 25.7 Å². The maximum Gasteiger partial charge on any atom is 1.00 e. The molecule has 0 unspecified atom stereocenters. The van der Waals surface area contributed by atoms with E-state index in [1.165, 1.54) is 6.20 Å². The van der Waals surface area contributed by atoms with E-state index in [0.717, 1.165) is 4.90 Å². The summed E-state index contributed by atoms with van der Waals surface area (Å²) >= 11 is 0. The molecule has 0 spiro atoms. The third-order valence-electron chi connectivity index (χ3n) is 2.99. The fourth-order valence-electron chi connectivity index (χ4n) is 2.03. The number of carboxylic acid groups (broad SMARTS) is 1. The second-order valence-corrected chi connectivity index (χ2v) is 4.34. The molecule has 6 nitrogen and oxygen atoms in total. The van der Waals surface area contributed by atoms with Crippen LogP contribution in [0.15, 0.2) is 18.3 Å². The number of aliphatic carboxylic acids is 1. The van der Waals surface area contributed by atoms with Gasteiger partial charge in [0.25, 0.3) is 11.8 Å². The number of fused-ring (bicyclic) bond motifs is 1. The number of carbonyl (C=O) groups is 3. The quantitative estimate of drug-likeness (QED) is 0.317. The monoisotopic (exact) mass is 300 g/mol. The minimum absolute atomic E-state index is 0. The van der Waals surface area contributed by atoms with Crippen LogP contribution < -0.4 is 56.5 Å². The van der Waals surface area contributed by atoms with Crippen LogP contribution in [0, 0.1) is 0 Å². The predicted molar refractivity (Wildman–Crippen MR) is 63.1 cm³/mol. The summed E-state index contributed by atoms with van der Waals surface area (Å²) in [6, 6.07) is 3.20. The molecule has 0 N–H and O–H groups in total. The van der Waals surface area contributed by atoms with E-state index in [2.05, 4.69) is 4.98 Å². The van der Waals surface area contributed by atoms with Gasteiger partial charge in [0, 0.05) is 18.7 Å². The molecule has 2 amide bonds. The molecule has 1 aliphatic rings. The van der Waals surface area contributed by atoms with Crippen LogP contribution in [0.1, 0.15) is 46.5 Å². The molecule has 2 heterocycles. The second kappa shape index (κ2) is 7.99. The number of aromatic nitrogens is 1. The maximum absolute atomic E-state index is 11.9. The standard InChI is InChI=1S/C13H14N2O4.K/c16-10(17)6-2-1-3-8-15-12(18)9-5-4-7-14-11(9)13(15)19;/h4-5,7H,1-3,6,8H2,(H,16,17);/q;+1/p-1. The van der Waals surface area contributed by atoms with Gasteiger partial charge in [-0.25, -0.2) is 0 Å². The van der Waals surface area contributed by atoms with Gasteiger partial charge in [-0.05, 0) is 31.4 Å². The fraction of sp³-hybridized carbons (Fsp3) is 0.385. The van der Waals surface area contributed by atoms with E-state index >= 15 is 0 Å². The summed E-state index contributed by atoms with van der Waals surface area (Å²) in [5.74, 6) is -1.78. The van der Waals surface area contributed by atoms with E-state index in [1.54, 1.807) is 12.1 Å². The third kappa shape index (κ3) is 3.95. The Labute approximate surface area is 159 Å². The zero-order chi connectivity index (χ0) is 13.8. The van der Waals surface area contributed by atoms with E-state index in [-0.39, 0.29) is 75.3 Å². The summed E-state index contributed by atoms with van der Waals surface area (Å²) in [6.45, 7) is 0.293. The van der Waals surface area contributed by atoms with Crippen molar-refractivity contribution in [1.82, 2.24) is 9.88 Å². The van der Waals surface area contributed by atoms with Crippen LogP contribution in [-0.4, -0.2) is 34.2 Å². The van der Waals surface area contributed by atoms with Crippen molar-refractivity contribution in [2.24, 2.45) is 0 Å². The largest absolute Gasteiger partial charge is 1.00 e. The molecule has 7 heteroatoms. The van der Waals surface area contributed by atoms with Gasteiger partial charge in [-0.1, -0.05) is 6.42 Å². The summed E-state index contributed by atoms with van der Waals surface area (Å²) in [5, 5.41) is 10.2. The Morgan fingerprint density at radius 3 is 2.60 bits per heavy atom. The van der Waals surface area contributed by atoms with Crippen molar-refractivity contribution in [3.05, 3.63) is 29.6 Å². The smallest absolute Gasteiger partial charge is 0.550 e. The average molecular weight is 300 g/mol. The SMILES string of the molecule is O=C([O-])CCCCCN1C(=O)c2cccnc2C1=O.[K+]. The Morgan fingerprint density at radius 2 is 1.95 bits per heavy atom. The Hall–Kier alpha value is -0.604. The molecule has 0 aliphatic carbocycles. The van der Waals surface area contributed by atoms with Crippen LogP contribution in [0.4, 0.5) is 0 Å². The molecule has 0 radical (unpaired) electrons. The Bertz CT molecular complexity index is 498. The number of carbonyl (C=O) groups excluding carboxylic acids is 3. The zero-order valence-electron chi connectivity index (χ0n) is 11.3. The van der Waals surface area contributed by atoms with Crippen molar-refractivity contribution < 1.29 is 70.9 Å². The van der Waals surface area contributed by atoms with Crippen LogP contribution in [-0.2, 0) is 4.79 Å². The minimum Gasteiger partial charge on any atom is -0.550 e. The predicted octanol–water partition coefficient (Wildman–Crippen LogP) is -3.01. The van der Waals surface area contributed by atoms with Gasteiger partial charge in [0.2, 0.25) is 0 Å². The molecule has 0 atom stereocenters. The number of hydrogen-bond donors (Lipinski definition) is 0. The first kappa shape index (κ1) is 17.4. The Balaban J connectivity index is 0.00000200. The zero-order valence-corrected chi connectivity index (χ0v) is 14.4. The van der Waals surface area contributed by atoms with Gasteiger partial charge in [-0.15, -0.1) is 0 Å². The summed E-state index contributed by atoms with van der Waals surface area (Å²) in [7, 11) is 0. The van der Waals surface area contributed by atoms with Crippen LogP contribution in [0.25, 0.3) is 0 Å². The number of hydrogen-bond acceptors (Lipinski definition) is 5. The van der Waals surface area contributed by atoms with E-state index in [4.69, 9.17) is 0 Å². The van der Waals surface area contributed by atoms with Gasteiger partial charge >= 0.3 is 51.4 Å². The van der Waals surface area contributed by atoms with E-state index < -0.39 is 5.97 Å². The van der Waals surface area contributed by atoms with Crippen LogP contribution in [0.5, 0.6) is 0 Å². The number of nitrogens with zero attached hydrogens (tertiary/aromatic N) is 2. The first-order chi connectivity index (χ1) is 9.11. The number of carboxylic acids is 1. The van der Waals surface area contributed by atoms with Crippen molar-refractivity contribution in [3.8, 4) is 0 Å². The topological polar surface area (TPSA) is 90.4 Å². The van der Waals surface area contributed by atoms with Crippen molar-refractivity contribution >= 4 is 17.8 Å². The number of imide groups is 1. The van der Waals surface area contributed by atoms with E-state index in [9.17, 15) is 19.5 Å². The van der Waals surface area contributed by atoms with Crippen LogP contribution in [0.2, 0.25) is 0 Å². The molecular weight excluding hydrogens is 287 g/mol. The minimum atomic E-state index is -1.08. The van der Waals surface area contributed by atoms with Crippen molar-refractivity contribution in [3.63, 3.8) is 0 Å². The van der Waals surface area contributed by atoms with Gasteiger partial charge in [-0.3, -0.25) is 19.5 Å². The van der Waals surface area contributed by atoms with Crippen molar-refractivity contribution in [2.75, 3.05) is 6.54 Å². The molecule has 0 aromatic carbocycles. The molecule has 0 bridgehead atoms. The molecule has 0 fully saturated rings. The normalized spacial score (nSPS) is 13.1. The number of unbranched alkanes of at least 4 members (excludes halogenated alkanes) is 2. The summed E-state index contributed by atoms with van der Waals surface area (Å²) < 4.78 is 0. The summed E-state index contributed by atoms with van der Waals surface area (Å²) in [6.07, 6.45) is 3.19.